The lowest BCUT2D eigenvalue weighted by atomic mass is 10.1. The second-order valence-electron chi connectivity index (χ2n) is 4.49. The number of morpholine rings is 1. The predicted molar refractivity (Wildman–Crippen MR) is 70.6 cm³/mol. The number of nitrogens with zero attached hydrogens (tertiary/aromatic N) is 2. The van der Waals surface area contributed by atoms with Gasteiger partial charge in [0.05, 0.1) is 25.3 Å². The number of aromatic nitrogens is 1. The van der Waals surface area contributed by atoms with Gasteiger partial charge in [0.2, 0.25) is 0 Å². The number of hydrogen-bond acceptors (Lipinski definition) is 6. The minimum Gasteiger partial charge on any atom is -0.461 e. The van der Waals surface area contributed by atoms with E-state index in [1.165, 1.54) is 16.8 Å². The van der Waals surface area contributed by atoms with Crippen molar-refractivity contribution in [2.24, 2.45) is 0 Å². The van der Waals surface area contributed by atoms with Crippen LogP contribution < -0.4 is 4.90 Å². The van der Waals surface area contributed by atoms with Gasteiger partial charge in [-0.25, -0.2) is 18.6 Å². The SMILES string of the molecule is CCOC(=O)c1ncsc1N1CCOC(C(C)(F)F)C1. The van der Waals surface area contributed by atoms with Crippen LogP contribution in [0.5, 0.6) is 0 Å². The number of halogens is 2. The van der Waals surface area contributed by atoms with Crippen molar-refractivity contribution in [3.8, 4) is 0 Å². The zero-order valence-corrected chi connectivity index (χ0v) is 12.1. The van der Waals surface area contributed by atoms with Gasteiger partial charge in [0.1, 0.15) is 11.1 Å². The lowest BCUT2D eigenvalue weighted by Gasteiger charge is -2.36. The smallest absolute Gasteiger partial charge is 0.360 e. The molecule has 20 heavy (non-hydrogen) atoms. The van der Waals surface area contributed by atoms with E-state index in [4.69, 9.17) is 9.47 Å². The van der Waals surface area contributed by atoms with Crippen molar-refractivity contribution in [2.75, 3.05) is 31.2 Å². The molecule has 0 spiro atoms. The lowest BCUT2D eigenvalue weighted by Crippen LogP contribution is -2.49. The normalized spacial score (nSPS) is 20.0. The third-order valence-corrected chi connectivity index (χ3v) is 3.82. The number of carbonyl (C=O) groups is 1. The molecule has 8 heteroatoms. The maximum atomic E-state index is 13.3. The molecule has 5 nitrogen and oxygen atoms in total. The Morgan fingerprint density at radius 2 is 2.45 bits per heavy atom. The highest BCUT2D eigenvalue weighted by Gasteiger charge is 2.39. The Morgan fingerprint density at radius 1 is 1.70 bits per heavy atom. The van der Waals surface area contributed by atoms with Gasteiger partial charge in [0.25, 0.3) is 5.92 Å². The van der Waals surface area contributed by atoms with Crippen LogP contribution >= 0.6 is 11.3 Å². The van der Waals surface area contributed by atoms with Crippen LogP contribution in [0, 0.1) is 0 Å². The highest BCUT2D eigenvalue weighted by atomic mass is 32.1. The number of thiazole rings is 1. The van der Waals surface area contributed by atoms with Gasteiger partial charge in [0.15, 0.2) is 5.69 Å². The number of hydrogen-bond donors (Lipinski definition) is 0. The highest BCUT2D eigenvalue weighted by Crippen LogP contribution is 2.31. The summed E-state index contributed by atoms with van der Waals surface area (Å²) in [6.07, 6.45) is -1.19. The minimum atomic E-state index is -2.92. The first-order valence-corrected chi connectivity index (χ1v) is 7.16. The van der Waals surface area contributed by atoms with Crippen LogP contribution in [-0.4, -0.2) is 49.3 Å². The van der Waals surface area contributed by atoms with E-state index in [0.29, 0.717) is 11.5 Å². The van der Waals surface area contributed by atoms with E-state index in [9.17, 15) is 13.6 Å². The van der Waals surface area contributed by atoms with Gasteiger partial charge >= 0.3 is 5.97 Å². The molecule has 1 saturated heterocycles. The van der Waals surface area contributed by atoms with Crippen molar-refractivity contribution in [2.45, 2.75) is 25.9 Å². The number of carbonyl (C=O) groups excluding carboxylic acids is 1. The summed E-state index contributed by atoms with van der Waals surface area (Å²) in [6, 6.07) is 0. The minimum absolute atomic E-state index is 0.0259. The molecule has 0 radical (unpaired) electrons. The molecule has 1 fully saturated rings. The Balaban J connectivity index is 2.16. The molecule has 2 rings (SSSR count). The van der Waals surface area contributed by atoms with E-state index in [-0.39, 0.29) is 25.5 Å². The summed E-state index contributed by atoms with van der Waals surface area (Å²) in [5.74, 6) is -3.46. The van der Waals surface area contributed by atoms with Crippen molar-refractivity contribution >= 4 is 22.3 Å². The van der Waals surface area contributed by atoms with E-state index >= 15 is 0 Å². The number of ether oxygens (including phenoxy) is 2. The number of rotatable bonds is 4. The molecule has 0 aliphatic carbocycles. The van der Waals surface area contributed by atoms with Crippen molar-refractivity contribution < 1.29 is 23.0 Å². The second-order valence-corrected chi connectivity index (χ2v) is 5.32. The quantitative estimate of drug-likeness (QED) is 0.798. The Bertz CT molecular complexity index is 476. The maximum Gasteiger partial charge on any atom is 0.360 e. The van der Waals surface area contributed by atoms with Crippen LogP contribution in [0.3, 0.4) is 0 Å². The van der Waals surface area contributed by atoms with E-state index in [1.54, 1.807) is 11.8 Å². The summed E-state index contributed by atoms with van der Waals surface area (Å²) in [5.41, 5.74) is 1.69. The first-order valence-electron chi connectivity index (χ1n) is 6.28. The third-order valence-electron chi connectivity index (χ3n) is 2.94. The van der Waals surface area contributed by atoms with Crippen molar-refractivity contribution in [1.29, 1.82) is 0 Å². The van der Waals surface area contributed by atoms with Crippen LogP contribution in [0.25, 0.3) is 0 Å². The molecular formula is C12H16F2N2O3S. The van der Waals surface area contributed by atoms with Gasteiger partial charge in [-0.2, -0.15) is 0 Å². The largest absolute Gasteiger partial charge is 0.461 e. The molecule has 0 bridgehead atoms. The first kappa shape index (κ1) is 15.1. The van der Waals surface area contributed by atoms with Gasteiger partial charge in [-0.1, -0.05) is 0 Å². The average molecular weight is 306 g/mol. The molecule has 1 unspecified atom stereocenters. The zero-order valence-electron chi connectivity index (χ0n) is 11.3. The van der Waals surface area contributed by atoms with Gasteiger partial charge in [-0.15, -0.1) is 11.3 Å². The van der Waals surface area contributed by atoms with Crippen LogP contribution in [0.4, 0.5) is 13.8 Å². The molecule has 1 aromatic rings. The third kappa shape index (κ3) is 3.24. The fourth-order valence-corrected chi connectivity index (χ4v) is 2.76. The summed E-state index contributed by atoms with van der Waals surface area (Å²) < 4.78 is 36.7. The molecular weight excluding hydrogens is 290 g/mol. The molecule has 1 aromatic heterocycles. The summed E-state index contributed by atoms with van der Waals surface area (Å²) in [5, 5.41) is 0.556. The van der Waals surface area contributed by atoms with Crippen LogP contribution in [0.15, 0.2) is 5.51 Å². The van der Waals surface area contributed by atoms with Gasteiger partial charge in [0, 0.05) is 13.5 Å². The molecule has 1 atom stereocenters. The monoisotopic (exact) mass is 306 g/mol. The van der Waals surface area contributed by atoms with E-state index in [2.05, 4.69) is 4.98 Å². The fourth-order valence-electron chi connectivity index (χ4n) is 1.94. The van der Waals surface area contributed by atoms with E-state index in [1.807, 2.05) is 0 Å². The molecule has 2 heterocycles. The molecule has 112 valence electrons. The lowest BCUT2D eigenvalue weighted by molar-refractivity contribution is -0.128. The van der Waals surface area contributed by atoms with Crippen molar-refractivity contribution in [3.63, 3.8) is 0 Å². The Hall–Kier alpha value is -1.28. The molecule has 1 aliphatic rings. The summed E-state index contributed by atoms with van der Waals surface area (Å²) in [7, 11) is 0. The van der Waals surface area contributed by atoms with Gasteiger partial charge in [-0.05, 0) is 6.92 Å². The van der Waals surface area contributed by atoms with Gasteiger partial charge in [-0.3, -0.25) is 0 Å². The summed E-state index contributed by atoms with van der Waals surface area (Å²) in [6.45, 7) is 3.44. The highest BCUT2D eigenvalue weighted by molar-refractivity contribution is 7.14. The Morgan fingerprint density at radius 3 is 3.10 bits per heavy atom. The van der Waals surface area contributed by atoms with Crippen molar-refractivity contribution in [1.82, 2.24) is 4.98 Å². The Labute approximate surface area is 119 Å². The topological polar surface area (TPSA) is 51.7 Å². The van der Waals surface area contributed by atoms with Gasteiger partial charge < -0.3 is 14.4 Å². The van der Waals surface area contributed by atoms with E-state index < -0.39 is 18.0 Å². The second kappa shape index (κ2) is 6.01. The number of anilines is 1. The maximum absolute atomic E-state index is 13.3. The number of esters is 1. The van der Waals surface area contributed by atoms with Crippen LogP contribution in [0.2, 0.25) is 0 Å². The number of alkyl halides is 2. The van der Waals surface area contributed by atoms with Crippen LogP contribution in [0.1, 0.15) is 24.3 Å². The summed E-state index contributed by atoms with van der Waals surface area (Å²) >= 11 is 1.24. The summed E-state index contributed by atoms with van der Waals surface area (Å²) in [4.78, 5) is 17.4. The van der Waals surface area contributed by atoms with Crippen LogP contribution in [-0.2, 0) is 9.47 Å². The molecule has 1 aliphatic heterocycles. The predicted octanol–water partition coefficient (Wildman–Crippen LogP) is 2.18. The molecule has 0 saturated carbocycles. The fraction of sp³-hybridized carbons (Fsp3) is 0.667. The molecule has 0 amide bonds. The molecule has 0 aromatic carbocycles. The zero-order chi connectivity index (χ0) is 14.8. The molecule has 0 N–H and O–H groups in total. The Kier molecular flexibility index (Phi) is 4.54. The van der Waals surface area contributed by atoms with E-state index in [0.717, 1.165) is 6.92 Å². The standard InChI is InChI=1S/C12H16F2N2O3S/c1-3-18-11(17)9-10(20-7-15-9)16-4-5-19-8(6-16)12(2,13)14/h7-8H,3-6H2,1-2H3. The van der Waals surface area contributed by atoms with Crippen molar-refractivity contribution in [3.05, 3.63) is 11.2 Å². The average Bonchev–Trinajstić information content (AvgIpc) is 2.87. The first-order chi connectivity index (χ1) is 9.43.